The molecule has 0 unspecified atom stereocenters. The van der Waals surface area contributed by atoms with E-state index in [2.05, 4.69) is 0 Å². The standard InChI is InChI=1S/C13H18F3NOS/c1-9(2)11-5-4-10(19-13(14,15)16)8-12(11)18-7-3-6-17/h4-5,8-9H,3,6-7,17H2,1-2H3. The van der Waals surface area contributed by atoms with E-state index in [1.807, 2.05) is 13.8 Å². The van der Waals surface area contributed by atoms with Gasteiger partial charge in [-0.1, -0.05) is 19.9 Å². The lowest BCUT2D eigenvalue weighted by Crippen LogP contribution is -2.08. The van der Waals surface area contributed by atoms with Crippen LogP contribution in [0.4, 0.5) is 13.2 Å². The Morgan fingerprint density at radius 3 is 2.53 bits per heavy atom. The van der Waals surface area contributed by atoms with E-state index in [1.165, 1.54) is 12.1 Å². The van der Waals surface area contributed by atoms with Gasteiger partial charge in [0, 0.05) is 4.90 Å². The SMILES string of the molecule is CC(C)c1ccc(SC(F)(F)F)cc1OCCCN. The number of benzene rings is 1. The van der Waals surface area contributed by atoms with Gasteiger partial charge in [0.2, 0.25) is 0 Å². The van der Waals surface area contributed by atoms with Crippen LogP contribution in [0.1, 0.15) is 31.7 Å². The first kappa shape index (κ1) is 16.2. The number of hydrogen-bond donors (Lipinski definition) is 1. The molecule has 0 spiro atoms. The van der Waals surface area contributed by atoms with Gasteiger partial charge in [0.25, 0.3) is 0 Å². The Bertz CT molecular complexity index is 407. The summed E-state index contributed by atoms with van der Waals surface area (Å²) >= 11 is -0.130. The molecule has 108 valence electrons. The summed E-state index contributed by atoms with van der Waals surface area (Å²) < 4.78 is 42.6. The van der Waals surface area contributed by atoms with E-state index in [9.17, 15) is 13.2 Å². The average molecular weight is 293 g/mol. The second kappa shape index (κ2) is 7.05. The van der Waals surface area contributed by atoms with Gasteiger partial charge in [-0.05, 0) is 48.3 Å². The van der Waals surface area contributed by atoms with Crippen LogP contribution in [0.15, 0.2) is 23.1 Å². The zero-order valence-electron chi connectivity index (χ0n) is 11.0. The highest BCUT2D eigenvalue weighted by Crippen LogP contribution is 2.39. The predicted octanol–water partition coefficient (Wildman–Crippen LogP) is 4.15. The van der Waals surface area contributed by atoms with Gasteiger partial charge in [-0.25, -0.2) is 0 Å². The normalized spacial score (nSPS) is 11.9. The molecule has 0 amide bonds. The van der Waals surface area contributed by atoms with Crippen LogP contribution < -0.4 is 10.5 Å². The number of thioether (sulfide) groups is 1. The number of nitrogens with two attached hydrogens (primary N) is 1. The van der Waals surface area contributed by atoms with E-state index in [0.717, 1.165) is 5.56 Å². The highest BCUT2D eigenvalue weighted by Gasteiger charge is 2.29. The maximum Gasteiger partial charge on any atom is 0.446 e. The first-order chi connectivity index (χ1) is 8.83. The van der Waals surface area contributed by atoms with Crippen LogP contribution in [0, 0.1) is 0 Å². The third-order valence-corrected chi connectivity index (χ3v) is 3.17. The van der Waals surface area contributed by atoms with Crippen molar-refractivity contribution in [2.24, 2.45) is 5.73 Å². The zero-order chi connectivity index (χ0) is 14.5. The topological polar surface area (TPSA) is 35.2 Å². The van der Waals surface area contributed by atoms with Crippen molar-refractivity contribution < 1.29 is 17.9 Å². The van der Waals surface area contributed by atoms with Crippen LogP contribution in [0.5, 0.6) is 5.75 Å². The van der Waals surface area contributed by atoms with Gasteiger partial charge in [0.15, 0.2) is 0 Å². The van der Waals surface area contributed by atoms with Crippen molar-refractivity contribution in [2.45, 2.75) is 36.6 Å². The Labute approximate surface area is 115 Å². The number of alkyl halides is 3. The highest BCUT2D eigenvalue weighted by atomic mass is 32.2. The molecule has 0 saturated carbocycles. The second-order valence-corrected chi connectivity index (χ2v) is 5.53. The predicted molar refractivity (Wildman–Crippen MR) is 71.6 cm³/mol. The molecule has 0 heterocycles. The third kappa shape index (κ3) is 5.74. The fraction of sp³-hybridized carbons (Fsp3) is 0.538. The van der Waals surface area contributed by atoms with Gasteiger partial charge in [-0.2, -0.15) is 13.2 Å². The molecule has 1 rings (SSSR count). The molecule has 6 heteroatoms. The van der Waals surface area contributed by atoms with E-state index in [4.69, 9.17) is 10.5 Å². The molecule has 0 aromatic heterocycles. The first-order valence-electron chi connectivity index (χ1n) is 6.06. The van der Waals surface area contributed by atoms with Crippen molar-refractivity contribution in [3.63, 3.8) is 0 Å². The fourth-order valence-electron chi connectivity index (χ4n) is 1.58. The average Bonchev–Trinajstić information content (AvgIpc) is 2.27. The van der Waals surface area contributed by atoms with Crippen molar-refractivity contribution in [3.05, 3.63) is 23.8 Å². The molecule has 0 fully saturated rings. The molecule has 1 aromatic rings. The first-order valence-corrected chi connectivity index (χ1v) is 6.87. The molecular formula is C13H18F3NOS. The van der Waals surface area contributed by atoms with E-state index in [0.29, 0.717) is 25.3 Å². The number of ether oxygens (including phenoxy) is 1. The lowest BCUT2D eigenvalue weighted by atomic mass is 10.0. The summed E-state index contributed by atoms with van der Waals surface area (Å²) in [5, 5.41) is 0. The quantitative estimate of drug-likeness (QED) is 0.632. The summed E-state index contributed by atoms with van der Waals surface area (Å²) in [6.45, 7) is 4.85. The van der Waals surface area contributed by atoms with Crippen molar-refractivity contribution >= 4 is 11.8 Å². The fourth-order valence-corrected chi connectivity index (χ4v) is 2.15. The minimum absolute atomic E-state index is 0.130. The smallest absolute Gasteiger partial charge is 0.446 e. The lowest BCUT2D eigenvalue weighted by molar-refractivity contribution is -0.0328. The Balaban J connectivity index is 2.90. The third-order valence-electron chi connectivity index (χ3n) is 2.45. The molecule has 0 aliphatic heterocycles. The molecule has 0 saturated heterocycles. The second-order valence-electron chi connectivity index (χ2n) is 4.39. The summed E-state index contributed by atoms with van der Waals surface area (Å²) in [6, 6.07) is 4.61. The number of halogens is 3. The molecule has 2 nitrogen and oxygen atoms in total. The van der Waals surface area contributed by atoms with E-state index >= 15 is 0 Å². The Hall–Kier alpha value is -0.880. The van der Waals surface area contributed by atoms with Crippen molar-refractivity contribution in [2.75, 3.05) is 13.2 Å². The van der Waals surface area contributed by atoms with E-state index in [-0.39, 0.29) is 22.6 Å². The molecule has 2 N–H and O–H groups in total. The van der Waals surface area contributed by atoms with Crippen LogP contribution in [-0.4, -0.2) is 18.7 Å². The molecule has 0 radical (unpaired) electrons. The maximum atomic E-state index is 12.3. The number of rotatable bonds is 6. The lowest BCUT2D eigenvalue weighted by Gasteiger charge is -2.15. The van der Waals surface area contributed by atoms with Gasteiger partial charge >= 0.3 is 5.51 Å². The van der Waals surface area contributed by atoms with Crippen LogP contribution in [-0.2, 0) is 0 Å². The summed E-state index contributed by atoms with van der Waals surface area (Å²) in [5.41, 5.74) is 1.99. The van der Waals surface area contributed by atoms with Gasteiger partial charge in [0.1, 0.15) is 5.75 Å². The van der Waals surface area contributed by atoms with Crippen LogP contribution in [0.25, 0.3) is 0 Å². The van der Waals surface area contributed by atoms with Crippen LogP contribution in [0.3, 0.4) is 0 Å². The van der Waals surface area contributed by atoms with Crippen LogP contribution in [0.2, 0.25) is 0 Å². The molecule has 0 aliphatic carbocycles. The summed E-state index contributed by atoms with van der Waals surface area (Å²) in [4.78, 5) is 0.139. The number of hydrogen-bond acceptors (Lipinski definition) is 3. The summed E-state index contributed by atoms with van der Waals surface area (Å²) in [6.07, 6.45) is 0.675. The molecule has 0 bridgehead atoms. The molecule has 0 aliphatic rings. The Kier molecular flexibility index (Phi) is 6.00. The monoisotopic (exact) mass is 293 g/mol. The minimum atomic E-state index is -4.28. The van der Waals surface area contributed by atoms with Crippen molar-refractivity contribution in [3.8, 4) is 5.75 Å². The molecule has 19 heavy (non-hydrogen) atoms. The summed E-state index contributed by atoms with van der Waals surface area (Å²) in [5.74, 6) is 0.704. The van der Waals surface area contributed by atoms with E-state index in [1.54, 1.807) is 6.07 Å². The highest BCUT2D eigenvalue weighted by molar-refractivity contribution is 8.00. The maximum absolute atomic E-state index is 12.3. The largest absolute Gasteiger partial charge is 0.493 e. The molecule has 0 atom stereocenters. The molecular weight excluding hydrogens is 275 g/mol. The van der Waals surface area contributed by atoms with Crippen LogP contribution >= 0.6 is 11.8 Å². The minimum Gasteiger partial charge on any atom is -0.493 e. The Morgan fingerprint density at radius 2 is 2.00 bits per heavy atom. The Morgan fingerprint density at radius 1 is 1.32 bits per heavy atom. The van der Waals surface area contributed by atoms with Gasteiger partial charge in [-0.15, -0.1) is 0 Å². The molecule has 1 aromatic carbocycles. The zero-order valence-corrected chi connectivity index (χ0v) is 11.8. The van der Waals surface area contributed by atoms with Crippen molar-refractivity contribution in [1.82, 2.24) is 0 Å². The summed E-state index contributed by atoms with van der Waals surface area (Å²) in [7, 11) is 0. The van der Waals surface area contributed by atoms with Gasteiger partial charge in [-0.3, -0.25) is 0 Å². The van der Waals surface area contributed by atoms with Gasteiger partial charge < -0.3 is 10.5 Å². The van der Waals surface area contributed by atoms with E-state index < -0.39 is 5.51 Å². The van der Waals surface area contributed by atoms with Gasteiger partial charge in [0.05, 0.1) is 6.61 Å². The van der Waals surface area contributed by atoms with Crippen molar-refractivity contribution in [1.29, 1.82) is 0 Å².